The second kappa shape index (κ2) is 8.03. The minimum atomic E-state index is -4.94. The second-order valence-corrected chi connectivity index (χ2v) is 5.20. The molecule has 0 aromatic heterocycles. The SMILES string of the molecule is O/N=C/c1ccc(C#CCOc2cc(C(F)(F)F)cc(C(F)(F)F)c2)cc1. The van der Waals surface area contributed by atoms with Crippen LogP contribution in [0.3, 0.4) is 0 Å². The van der Waals surface area contributed by atoms with Crippen molar-refractivity contribution in [3.63, 3.8) is 0 Å². The third-order valence-electron chi connectivity index (χ3n) is 3.22. The van der Waals surface area contributed by atoms with Crippen molar-refractivity contribution in [1.29, 1.82) is 0 Å². The van der Waals surface area contributed by atoms with Gasteiger partial charge in [-0.1, -0.05) is 29.1 Å². The molecule has 0 spiro atoms. The quantitative estimate of drug-likeness (QED) is 0.266. The Morgan fingerprint density at radius 1 is 0.926 bits per heavy atom. The van der Waals surface area contributed by atoms with Crippen molar-refractivity contribution >= 4 is 6.21 Å². The molecule has 0 amide bonds. The zero-order valence-electron chi connectivity index (χ0n) is 13.4. The summed E-state index contributed by atoms with van der Waals surface area (Å²) < 4.78 is 81.5. The van der Waals surface area contributed by atoms with Crippen LogP contribution in [0.1, 0.15) is 22.3 Å². The van der Waals surface area contributed by atoms with Gasteiger partial charge in [0.25, 0.3) is 0 Å². The van der Waals surface area contributed by atoms with E-state index in [0.29, 0.717) is 23.3 Å². The highest BCUT2D eigenvalue weighted by Gasteiger charge is 2.37. The van der Waals surface area contributed by atoms with Gasteiger partial charge in [-0.2, -0.15) is 26.3 Å². The molecule has 142 valence electrons. The Bertz CT molecular complexity index is 842. The zero-order valence-corrected chi connectivity index (χ0v) is 13.4. The number of halogens is 6. The molecule has 3 nitrogen and oxygen atoms in total. The number of alkyl halides is 6. The molecule has 1 N–H and O–H groups in total. The van der Waals surface area contributed by atoms with Crippen LogP contribution in [-0.4, -0.2) is 18.0 Å². The van der Waals surface area contributed by atoms with Gasteiger partial charge >= 0.3 is 12.4 Å². The van der Waals surface area contributed by atoms with Gasteiger partial charge in [-0.15, -0.1) is 0 Å². The van der Waals surface area contributed by atoms with Crippen molar-refractivity contribution in [3.05, 3.63) is 64.7 Å². The fourth-order valence-corrected chi connectivity index (χ4v) is 1.99. The molecule has 0 fully saturated rings. The van der Waals surface area contributed by atoms with Crippen LogP contribution in [0.2, 0.25) is 0 Å². The van der Waals surface area contributed by atoms with Crippen molar-refractivity contribution in [1.82, 2.24) is 0 Å². The van der Waals surface area contributed by atoms with Crippen LogP contribution in [0.5, 0.6) is 5.75 Å². The van der Waals surface area contributed by atoms with Gasteiger partial charge in [0.05, 0.1) is 17.3 Å². The third-order valence-corrected chi connectivity index (χ3v) is 3.22. The molecule has 2 rings (SSSR count). The first-order chi connectivity index (χ1) is 12.6. The smallest absolute Gasteiger partial charge is 0.416 e. The number of hydrogen-bond acceptors (Lipinski definition) is 3. The maximum Gasteiger partial charge on any atom is 0.416 e. The van der Waals surface area contributed by atoms with E-state index in [4.69, 9.17) is 9.94 Å². The van der Waals surface area contributed by atoms with Crippen LogP contribution in [0.15, 0.2) is 47.6 Å². The Balaban J connectivity index is 2.14. The van der Waals surface area contributed by atoms with Crippen LogP contribution in [0.4, 0.5) is 26.3 Å². The maximum atomic E-state index is 12.8. The predicted octanol–water partition coefficient (Wildman–Crippen LogP) is 4.96. The molecule has 0 aliphatic carbocycles. The number of ether oxygens (including phenoxy) is 1. The summed E-state index contributed by atoms with van der Waals surface area (Å²) >= 11 is 0. The number of nitrogens with zero attached hydrogens (tertiary/aromatic N) is 1. The first kappa shape index (κ1) is 20.2. The third kappa shape index (κ3) is 5.95. The Hall–Kier alpha value is -3.15. The Kier molecular flexibility index (Phi) is 6.00. The van der Waals surface area contributed by atoms with Crippen LogP contribution < -0.4 is 4.74 Å². The van der Waals surface area contributed by atoms with E-state index in [-0.39, 0.29) is 6.07 Å². The Morgan fingerprint density at radius 3 is 1.96 bits per heavy atom. The van der Waals surface area contributed by atoms with E-state index in [1.165, 1.54) is 6.21 Å². The van der Waals surface area contributed by atoms with Crippen LogP contribution >= 0.6 is 0 Å². The number of rotatable bonds is 3. The lowest BCUT2D eigenvalue weighted by molar-refractivity contribution is -0.143. The highest BCUT2D eigenvalue weighted by Crippen LogP contribution is 2.38. The summed E-state index contributed by atoms with van der Waals surface area (Å²) in [5, 5.41) is 11.2. The summed E-state index contributed by atoms with van der Waals surface area (Å²) in [6, 6.07) is 7.39. The molecule has 0 aliphatic rings. The van der Waals surface area contributed by atoms with Gasteiger partial charge in [-0.25, -0.2) is 0 Å². The monoisotopic (exact) mass is 387 g/mol. The standard InChI is InChI=1S/C18H11F6NO2/c19-17(20,21)14-8-15(18(22,23)24)10-16(9-14)27-7-1-2-12-3-5-13(6-4-12)11-25-26/h3-6,8-11,26H,7H2/b25-11+. The number of oxime groups is 1. The molecule has 2 aromatic carbocycles. The molecular formula is C18H11F6NO2. The van der Waals surface area contributed by atoms with Crippen LogP contribution in [0, 0.1) is 11.8 Å². The maximum absolute atomic E-state index is 12.8. The summed E-state index contributed by atoms with van der Waals surface area (Å²) in [7, 11) is 0. The van der Waals surface area contributed by atoms with Crippen molar-refractivity contribution in [2.75, 3.05) is 6.61 Å². The molecule has 0 atom stereocenters. The average molecular weight is 387 g/mol. The van der Waals surface area contributed by atoms with Crippen molar-refractivity contribution < 1.29 is 36.3 Å². The lowest BCUT2D eigenvalue weighted by Crippen LogP contribution is -2.11. The topological polar surface area (TPSA) is 41.8 Å². The van der Waals surface area contributed by atoms with Gasteiger partial charge in [0.1, 0.15) is 12.4 Å². The molecule has 0 saturated heterocycles. The summed E-state index contributed by atoms with van der Waals surface area (Å²) in [5.41, 5.74) is -1.76. The summed E-state index contributed by atoms with van der Waals surface area (Å²) in [5.74, 6) is 4.57. The summed E-state index contributed by atoms with van der Waals surface area (Å²) in [6.45, 7) is -0.404. The largest absolute Gasteiger partial charge is 0.481 e. The molecule has 0 aliphatic heterocycles. The van der Waals surface area contributed by atoms with Gasteiger partial charge in [-0.05, 0) is 35.9 Å². The van der Waals surface area contributed by atoms with Crippen molar-refractivity contribution in [2.45, 2.75) is 12.4 Å². The fourth-order valence-electron chi connectivity index (χ4n) is 1.99. The Morgan fingerprint density at radius 2 is 1.48 bits per heavy atom. The molecule has 0 saturated carbocycles. The number of benzene rings is 2. The predicted molar refractivity (Wildman–Crippen MR) is 84.6 cm³/mol. The van der Waals surface area contributed by atoms with E-state index in [9.17, 15) is 26.3 Å². The van der Waals surface area contributed by atoms with Crippen LogP contribution in [0.25, 0.3) is 0 Å². The summed E-state index contributed by atoms with van der Waals surface area (Å²) in [6.07, 6.45) is -8.68. The van der Waals surface area contributed by atoms with Gasteiger partial charge in [0, 0.05) is 5.56 Å². The van der Waals surface area contributed by atoms with Gasteiger partial charge < -0.3 is 9.94 Å². The van der Waals surface area contributed by atoms with Crippen LogP contribution in [-0.2, 0) is 12.4 Å². The molecule has 0 bridgehead atoms. The van der Waals surface area contributed by atoms with E-state index < -0.39 is 35.8 Å². The highest BCUT2D eigenvalue weighted by molar-refractivity contribution is 5.79. The lowest BCUT2D eigenvalue weighted by atomic mass is 10.1. The van der Waals surface area contributed by atoms with E-state index in [0.717, 1.165) is 0 Å². The highest BCUT2D eigenvalue weighted by atomic mass is 19.4. The molecular weight excluding hydrogens is 376 g/mol. The van der Waals surface area contributed by atoms with E-state index in [1.54, 1.807) is 24.3 Å². The fraction of sp³-hybridized carbons (Fsp3) is 0.167. The first-order valence-corrected chi connectivity index (χ1v) is 7.28. The number of hydrogen-bond donors (Lipinski definition) is 1. The molecule has 2 aromatic rings. The molecule has 0 unspecified atom stereocenters. The minimum absolute atomic E-state index is 0.0236. The molecule has 9 heteroatoms. The Labute approximate surface area is 149 Å². The molecule has 0 radical (unpaired) electrons. The van der Waals surface area contributed by atoms with Gasteiger partial charge in [0.2, 0.25) is 0 Å². The lowest BCUT2D eigenvalue weighted by Gasteiger charge is -2.14. The first-order valence-electron chi connectivity index (χ1n) is 7.28. The van der Waals surface area contributed by atoms with E-state index in [1.807, 2.05) is 0 Å². The zero-order chi connectivity index (χ0) is 20.1. The second-order valence-electron chi connectivity index (χ2n) is 5.20. The molecule has 27 heavy (non-hydrogen) atoms. The van der Waals surface area contributed by atoms with Crippen molar-refractivity contribution in [2.24, 2.45) is 5.16 Å². The minimum Gasteiger partial charge on any atom is -0.481 e. The normalized spacial score (nSPS) is 11.9. The van der Waals surface area contributed by atoms with E-state index in [2.05, 4.69) is 17.0 Å². The van der Waals surface area contributed by atoms with E-state index >= 15 is 0 Å². The molecule has 0 heterocycles. The van der Waals surface area contributed by atoms with Crippen molar-refractivity contribution in [3.8, 4) is 17.6 Å². The average Bonchev–Trinajstić information content (AvgIpc) is 2.58. The van der Waals surface area contributed by atoms with Gasteiger partial charge in [0.15, 0.2) is 0 Å². The van der Waals surface area contributed by atoms with Gasteiger partial charge in [-0.3, -0.25) is 0 Å². The summed E-state index contributed by atoms with van der Waals surface area (Å²) in [4.78, 5) is 0.